The Balaban J connectivity index is 0.937. The minimum Gasteiger partial charge on any atom is -0.452 e. The van der Waals surface area contributed by atoms with Crippen molar-refractivity contribution >= 4 is 35.5 Å². The molecule has 4 saturated heterocycles. The average Bonchev–Trinajstić information content (AvgIpc) is 1.68. The number of ether oxygens (including phenoxy) is 13. The number of hydrogen-bond donors (Lipinski definition) is 0. The van der Waals surface area contributed by atoms with Crippen molar-refractivity contribution in [3.63, 3.8) is 0 Å². The fourth-order valence-corrected chi connectivity index (χ4v) is 14.5. The van der Waals surface area contributed by atoms with Crippen molar-refractivity contribution in [1.82, 2.24) is 4.90 Å². The number of esters is 2. The zero-order chi connectivity index (χ0) is 69.0. The number of carbonyl (C=O) groups excluding carboxylic acids is 4. The van der Waals surface area contributed by atoms with E-state index in [9.17, 15) is 4.79 Å². The summed E-state index contributed by atoms with van der Waals surface area (Å²) in [5.74, 6) is -2.84. The minimum atomic E-state index is -1.73. The molecule has 518 valence electrons. The van der Waals surface area contributed by atoms with Crippen LogP contribution in [0.4, 0.5) is 0 Å². The van der Waals surface area contributed by atoms with E-state index in [0.717, 1.165) is 32.7 Å². The fourth-order valence-electron chi connectivity index (χ4n) is 13.3. The molecular weight excluding hydrogens is 1300 g/mol. The van der Waals surface area contributed by atoms with Crippen molar-refractivity contribution in [2.75, 3.05) is 13.2 Å². The highest BCUT2D eigenvalue weighted by atomic mass is 32.2. The Labute approximate surface area is 590 Å². The van der Waals surface area contributed by atoms with Gasteiger partial charge in [-0.05, 0) is 84.6 Å². The van der Waals surface area contributed by atoms with Crippen LogP contribution in [0.1, 0.15) is 88.0 Å². The Morgan fingerprint density at radius 3 is 1.46 bits per heavy atom. The summed E-state index contributed by atoms with van der Waals surface area (Å²) < 4.78 is 92.1. The molecule has 0 aliphatic carbocycles. The molecular formula is C82H77NO17S. The summed E-state index contributed by atoms with van der Waals surface area (Å²) in [5, 5.41) is 0. The number of carbonyl (C=O) groups is 4. The Kier molecular flexibility index (Phi) is 22.4. The van der Waals surface area contributed by atoms with Gasteiger partial charge in [-0.1, -0.05) is 230 Å². The first-order chi connectivity index (χ1) is 49.6. The van der Waals surface area contributed by atoms with Gasteiger partial charge in [-0.25, -0.2) is 9.59 Å². The quantitative estimate of drug-likeness (QED) is 0.0387. The minimum absolute atomic E-state index is 0.0440. The molecule has 16 atom stereocenters. The van der Waals surface area contributed by atoms with Crippen LogP contribution in [0.15, 0.2) is 266 Å². The lowest BCUT2D eigenvalue weighted by Gasteiger charge is -2.53. The number of rotatable bonds is 25. The molecule has 0 radical (unpaired) electrons. The second-order valence-corrected chi connectivity index (χ2v) is 26.5. The third kappa shape index (κ3) is 16.3. The van der Waals surface area contributed by atoms with Crippen LogP contribution in [0.2, 0.25) is 0 Å². The normalized spacial score (nSPS) is 27.0. The lowest BCUT2D eigenvalue weighted by Crippen LogP contribution is -2.70. The van der Waals surface area contributed by atoms with Gasteiger partial charge in [0.1, 0.15) is 60.3 Å². The van der Waals surface area contributed by atoms with Gasteiger partial charge in [0.05, 0.1) is 68.0 Å². The van der Waals surface area contributed by atoms with Gasteiger partial charge in [0.2, 0.25) is 0 Å². The molecule has 9 aromatic rings. The highest BCUT2D eigenvalue weighted by Gasteiger charge is 2.61. The van der Waals surface area contributed by atoms with Gasteiger partial charge in [-0.2, -0.15) is 0 Å². The zero-order valence-corrected chi connectivity index (χ0v) is 56.4. The summed E-state index contributed by atoms with van der Waals surface area (Å²) in [6.45, 7) is 3.97. The van der Waals surface area contributed by atoms with Crippen LogP contribution in [0, 0.1) is 6.92 Å². The van der Waals surface area contributed by atoms with Gasteiger partial charge >= 0.3 is 11.9 Å². The number of hydrogen-bond acceptors (Lipinski definition) is 18. The third-order valence-corrected chi connectivity index (χ3v) is 19.6. The lowest BCUT2D eigenvalue weighted by molar-refractivity contribution is -0.385. The van der Waals surface area contributed by atoms with Crippen molar-refractivity contribution in [1.29, 1.82) is 0 Å². The fraction of sp³-hybridized carbons (Fsp3) is 0.293. The van der Waals surface area contributed by atoms with Crippen LogP contribution in [0.3, 0.4) is 0 Å². The molecule has 0 saturated carbocycles. The van der Waals surface area contributed by atoms with Crippen LogP contribution >= 0.6 is 11.8 Å². The third-order valence-electron chi connectivity index (χ3n) is 18.4. The highest BCUT2D eigenvalue weighted by molar-refractivity contribution is 7.99. The second-order valence-electron chi connectivity index (χ2n) is 25.4. The Bertz CT molecular complexity index is 4140. The number of imide groups is 1. The molecule has 0 spiro atoms. The first-order valence-corrected chi connectivity index (χ1v) is 34.8. The smallest absolute Gasteiger partial charge is 0.338 e. The number of fused-ring (bicyclic) bond motifs is 2. The van der Waals surface area contributed by atoms with E-state index in [1.807, 2.05) is 190 Å². The molecule has 5 aliphatic rings. The Hall–Kier alpha value is -9.03. The average molecular weight is 1380 g/mol. The molecule has 2 amide bonds. The van der Waals surface area contributed by atoms with Crippen molar-refractivity contribution < 1.29 is 80.8 Å². The van der Waals surface area contributed by atoms with Crippen LogP contribution in [-0.4, -0.2) is 133 Å². The maximum atomic E-state index is 15.7. The predicted octanol–water partition coefficient (Wildman–Crippen LogP) is 13.3. The van der Waals surface area contributed by atoms with E-state index in [0.29, 0.717) is 5.56 Å². The summed E-state index contributed by atoms with van der Waals surface area (Å²) in [5.41, 5.74) is 4.62. The zero-order valence-electron chi connectivity index (χ0n) is 55.6. The predicted molar refractivity (Wildman–Crippen MR) is 372 cm³/mol. The van der Waals surface area contributed by atoms with Gasteiger partial charge in [-0.3, -0.25) is 14.5 Å². The van der Waals surface area contributed by atoms with Gasteiger partial charge in [0, 0.05) is 10.5 Å². The summed E-state index contributed by atoms with van der Waals surface area (Å²) in [7, 11) is 0. The molecule has 0 N–H and O–H groups in total. The van der Waals surface area contributed by atoms with Crippen molar-refractivity contribution in [2.45, 2.75) is 143 Å². The van der Waals surface area contributed by atoms with E-state index >= 15 is 14.4 Å². The highest BCUT2D eigenvalue weighted by Crippen LogP contribution is 2.46. The molecule has 0 bridgehead atoms. The second kappa shape index (κ2) is 32.7. The molecule has 19 heteroatoms. The van der Waals surface area contributed by atoms with Gasteiger partial charge in [-0.15, -0.1) is 0 Å². The van der Waals surface area contributed by atoms with E-state index in [1.54, 1.807) is 84.9 Å². The first kappa shape index (κ1) is 69.1. The van der Waals surface area contributed by atoms with Crippen molar-refractivity contribution in [3.8, 4) is 0 Å². The molecule has 1 unspecified atom stereocenters. The van der Waals surface area contributed by atoms with Crippen LogP contribution in [-0.2, 0) is 88.0 Å². The summed E-state index contributed by atoms with van der Waals surface area (Å²) in [6, 6.07) is 77.9. The maximum Gasteiger partial charge on any atom is 0.338 e. The SMILES string of the molecule is Cc1ccc(S[C@@H]2O[C@H](COCc3ccccc3)[C@@H](O[C@@H]3O[C@@H]4COC(c5ccccc5)O[C@@H]4[C@H](OC(=O)c4ccccc4)[C@H]3OC(=O)c3ccccc3)[C@H](O[C@@H]3O[C@@H](C)[C@H](OCc4ccccc4)[C@@H](OCc4ccccc4)[C@H]3OCc3ccccc3)[C@H]2N2C(=O)c3ccccc3C2=O)cc1. The molecule has 0 aromatic heterocycles. The number of thioether (sulfide) groups is 1. The van der Waals surface area contributed by atoms with Crippen molar-refractivity contribution in [2.24, 2.45) is 0 Å². The molecule has 14 rings (SSSR count). The molecule has 18 nitrogen and oxygen atoms in total. The lowest BCUT2D eigenvalue weighted by atomic mass is 9.93. The largest absolute Gasteiger partial charge is 0.452 e. The number of aryl methyl sites for hydroxylation is 1. The summed E-state index contributed by atoms with van der Waals surface area (Å²) in [6.07, 6.45) is -17.5. The van der Waals surface area contributed by atoms with Crippen LogP contribution in [0.5, 0.6) is 0 Å². The Morgan fingerprint density at radius 2 is 0.911 bits per heavy atom. The van der Waals surface area contributed by atoms with Gasteiger partial charge in [0.15, 0.2) is 31.1 Å². The van der Waals surface area contributed by atoms with Crippen LogP contribution < -0.4 is 0 Å². The van der Waals surface area contributed by atoms with E-state index in [-0.39, 0.29) is 61.9 Å². The van der Waals surface area contributed by atoms with E-state index in [2.05, 4.69) is 0 Å². The number of nitrogens with zero attached hydrogens (tertiary/aromatic N) is 1. The number of benzene rings is 9. The topological polar surface area (TPSA) is 192 Å². The molecule has 5 heterocycles. The Morgan fingerprint density at radius 1 is 0.455 bits per heavy atom. The van der Waals surface area contributed by atoms with E-state index in [1.165, 1.54) is 16.7 Å². The van der Waals surface area contributed by atoms with E-state index < -0.39 is 121 Å². The first-order valence-electron chi connectivity index (χ1n) is 34.0. The van der Waals surface area contributed by atoms with Gasteiger partial charge in [0.25, 0.3) is 11.8 Å². The van der Waals surface area contributed by atoms with Crippen LogP contribution in [0.25, 0.3) is 0 Å². The molecule has 9 aromatic carbocycles. The summed E-state index contributed by atoms with van der Waals surface area (Å²) >= 11 is 1.28. The maximum absolute atomic E-state index is 15.7. The molecule has 4 fully saturated rings. The van der Waals surface area contributed by atoms with Gasteiger partial charge < -0.3 is 61.6 Å². The van der Waals surface area contributed by atoms with E-state index in [4.69, 9.17) is 61.6 Å². The monoisotopic (exact) mass is 1380 g/mol. The standard InChI is InChI=1S/C82H77NO17S/c1-52-42-44-61(45-43-52)101-82-66(83-75(84)62-40-24-25-41-63(62)76(83)85)70(100-80-73(91-49-57-32-16-6-17-33-57)71(90-48-56-30-14-5-15-31-56)67(53(2)93-80)89-47-55-28-12-4-13-29-55)68(64(95-82)50-88-46-54-26-10-3-11-27-54)99-81-74(97-78(87)59-36-20-8-21-37-59)72(96-77(86)58-34-18-7-19-35-58)69-65(94-81)51-92-79(98-69)60-38-22-9-23-39-60/h3-45,53,64-74,79-82H,46-51H2,1-2H3/t53-,64+,65+,66+,67-,68+,69-,70+,71+,72-,73+,74+,79?,80-,81-,82-/m0/s1. The van der Waals surface area contributed by atoms with Crippen molar-refractivity contribution in [3.05, 3.63) is 316 Å². The molecule has 5 aliphatic heterocycles. The molecule has 101 heavy (non-hydrogen) atoms. The summed E-state index contributed by atoms with van der Waals surface area (Å²) in [4.78, 5) is 63.2. The number of amides is 2.